The third-order valence-corrected chi connectivity index (χ3v) is 4.17. The molecule has 1 unspecified atom stereocenters. The second-order valence-corrected chi connectivity index (χ2v) is 5.77. The molecule has 8 nitrogen and oxygen atoms in total. The number of imide groups is 1. The number of hydrogen-bond donors (Lipinski definition) is 2. The Morgan fingerprint density at radius 1 is 1.41 bits per heavy atom. The lowest BCUT2D eigenvalue weighted by Crippen LogP contribution is -2.47. The van der Waals surface area contributed by atoms with Crippen LogP contribution in [0.5, 0.6) is 0 Å². The number of rotatable bonds is 4. The van der Waals surface area contributed by atoms with Gasteiger partial charge in [-0.25, -0.2) is 4.79 Å². The molecule has 4 amide bonds. The number of carbonyl (C=O) groups is 3. The fourth-order valence-corrected chi connectivity index (χ4v) is 3.02. The third kappa shape index (κ3) is 3.10. The van der Waals surface area contributed by atoms with E-state index < -0.39 is 6.03 Å². The highest BCUT2D eigenvalue weighted by Gasteiger charge is 2.32. The van der Waals surface area contributed by atoms with Gasteiger partial charge in [0.25, 0.3) is 5.91 Å². The van der Waals surface area contributed by atoms with Crippen LogP contribution in [-0.4, -0.2) is 64.0 Å². The first-order chi connectivity index (χ1) is 10.6. The molecule has 3 heterocycles. The van der Waals surface area contributed by atoms with Crippen LogP contribution >= 0.6 is 0 Å². The highest BCUT2D eigenvalue weighted by molar-refractivity contribution is 6.04. The van der Waals surface area contributed by atoms with Crippen molar-refractivity contribution in [2.75, 3.05) is 26.2 Å². The molecule has 2 saturated heterocycles. The van der Waals surface area contributed by atoms with E-state index in [1.807, 2.05) is 6.07 Å². The van der Waals surface area contributed by atoms with E-state index in [-0.39, 0.29) is 24.9 Å². The van der Waals surface area contributed by atoms with Crippen molar-refractivity contribution in [2.45, 2.75) is 19.3 Å². The van der Waals surface area contributed by atoms with Crippen LogP contribution < -0.4 is 5.32 Å². The smallest absolute Gasteiger partial charge is 0.325 e. The largest absolute Gasteiger partial charge is 0.341 e. The molecule has 1 aromatic rings. The van der Waals surface area contributed by atoms with Gasteiger partial charge in [0.15, 0.2) is 0 Å². The van der Waals surface area contributed by atoms with Gasteiger partial charge in [0, 0.05) is 25.0 Å². The number of urea groups is 1. The van der Waals surface area contributed by atoms with Crippen LogP contribution in [0, 0.1) is 5.92 Å². The maximum Gasteiger partial charge on any atom is 0.325 e. The van der Waals surface area contributed by atoms with Crippen LogP contribution in [0.3, 0.4) is 0 Å². The number of piperidine rings is 1. The van der Waals surface area contributed by atoms with E-state index in [1.54, 1.807) is 11.1 Å². The van der Waals surface area contributed by atoms with Gasteiger partial charge >= 0.3 is 6.03 Å². The number of nitrogens with one attached hydrogen (secondary N) is 2. The highest BCUT2D eigenvalue weighted by Crippen LogP contribution is 2.20. The van der Waals surface area contributed by atoms with Gasteiger partial charge in [-0.2, -0.15) is 5.10 Å². The molecule has 3 rings (SSSR count). The van der Waals surface area contributed by atoms with Crippen molar-refractivity contribution < 1.29 is 14.4 Å². The predicted octanol–water partition coefficient (Wildman–Crippen LogP) is -0.257. The van der Waals surface area contributed by atoms with Crippen LogP contribution in [0.25, 0.3) is 0 Å². The summed E-state index contributed by atoms with van der Waals surface area (Å²) in [6.07, 6.45) is 4.57. The highest BCUT2D eigenvalue weighted by atomic mass is 16.2. The standard InChI is InChI=1S/C14H19N5O3/c20-12-7-15-14(22)19(12)9-13(21)18-5-1-2-10(8-18)6-11-3-4-16-17-11/h3-4,10H,1-2,5-9H2,(H,15,22)(H,16,17). The molecule has 22 heavy (non-hydrogen) atoms. The summed E-state index contributed by atoms with van der Waals surface area (Å²) in [6.45, 7) is 1.15. The summed E-state index contributed by atoms with van der Waals surface area (Å²) in [5.74, 6) is -0.134. The number of nitrogens with zero attached hydrogens (tertiary/aromatic N) is 3. The number of likely N-dealkylation sites (tertiary alicyclic amines) is 1. The van der Waals surface area contributed by atoms with Crippen molar-refractivity contribution in [3.05, 3.63) is 18.0 Å². The topological polar surface area (TPSA) is 98.4 Å². The van der Waals surface area contributed by atoms with Gasteiger partial charge in [-0.15, -0.1) is 0 Å². The first kappa shape index (κ1) is 14.6. The molecule has 2 aliphatic heterocycles. The van der Waals surface area contributed by atoms with E-state index in [2.05, 4.69) is 15.5 Å². The summed E-state index contributed by atoms with van der Waals surface area (Å²) in [5.41, 5.74) is 1.06. The summed E-state index contributed by atoms with van der Waals surface area (Å²) in [4.78, 5) is 38.1. The first-order valence-corrected chi connectivity index (χ1v) is 7.47. The van der Waals surface area contributed by atoms with Crippen molar-refractivity contribution in [1.29, 1.82) is 0 Å². The molecule has 8 heteroatoms. The SMILES string of the molecule is O=C(CN1C(=O)CNC1=O)N1CCCC(Cc2ccn[nH]2)C1. The van der Waals surface area contributed by atoms with Crippen LogP contribution in [0.4, 0.5) is 4.79 Å². The number of amides is 4. The molecule has 0 aliphatic carbocycles. The Labute approximate surface area is 127 Å². The first-order valence-electron chi connectivity index (χ1n) is 7.47. The van der Waals surface area contributed by atoms with Crippen LogP contribution in [0.1, 0.15) is 18.5 Å². The van der Waals surface area contributed by atoms with Crippen LogP contribution in [0.15, 0.2) is 12.3 Å². The van der Waals surface area contributed by atoms with E-state index in [4.69, 9.17) is 0 Å². The Balaban J connectivity index is 1.56. The van der Waals surface area contributed by atoms with Crippen molar-refractivity contribution in [3.8, 4) is 0 Å². The number of aromatic amines is 1. The maximum absolute atomic E-state index is 12.3. The lowest BCUT2D eigenvalue weighted by molar-refractivity contribution is -0.137. The molecule has 2 N–H and O–H groups in total. The Morgan fingerprint density at radius 2 is 2.27 bits per heavy atom. The number of aromatic nitrogens is 2. The quantitative estimate of drug-likeness (QED) is 0.749. The Morgan fingerprint density at radius 3 is 2.95 bits per heavy atom. The Kier molecular flexibility index (Phi) is 4.08. The molecule has 0 spiro atoms. The van der Waals surface area contributed by atoms with Gasteiger partial charge in [0.1, 0.15) is 6.54 Å². The second-order valence-electron chi connectivity index (χ2n) is 5.77. The van der Waals surface area contributed by atoms with Crippen molar-refractivity contribution in [2.24, 2.45) is 5.92 Å². The van der Waals surface area contributed by atoms with Crippen molar-refractivity contribution >= 4 is 17.8 Å². The minimum Gasteiger partial charge on any atom is -0.341 e. The maximum atomic E-state index is 12.3. The molecule has 0 radical (unpaired) electrons. The normalized spacial score (nSPS) is 22.1. The Bertz CT molecular complexity index is 555. The lowest BCUT2D eigenvalue weighted by Gasteiger charge is -2.33. The van der Waals surface area contributed by atoms with Gasteiger partial charge < -0.3 is 10.2 Å². The molecule has 1 atom stereocenters. The molecular formula is C14H19N5O3. The zero-order valence-corrected chi connectivity index (χ0v) is 12.2. The van der Waals surface area contributed by atoms with E-state index in [1.165, 1.54) is 0 Å². The second kappa shape index (κ2) is 6.17. The molecule has 2 aliphatic rings. The predicted molar refractivity (Wildman–Crippen MR) is 76.7 cm³/mol. The summed E-state index contributed by atoms with van der Waals surface area (Å²) in [7, 11) is 0. The molecule has 2 fully saturated rings. The van der Waals surface area contributed by atoms with E-state index in [9.17, 15) is 14.4 Å². The van der Waals surface area contributed by atoms with Gasteiger partial charge in [-0.1, -0.05) is 0 Å². The molecule has 118 valence electrons. The van der Waals surface area contributed by atoms with E-state index in [0.29, 0.717) is 19.0 Å². The fraction of sp³-hybridized carbons (Fsp3) is 0.571. The summed E-state index contributed by atoms with van der Waals surface area (Å²) < 4.78 is 0. The summed E-state index contributed by atoms with van der Waals surface area (Å²) in [6, 6.07) is 1.46. The molecule has 0 saturated carbocycles. The molecule has 0 aromatic carbocycles. The number of carbonyl (C=O) groups excluding carboxylic acids is 3. The lowest BCUT2D eigenvalue weighted by atomic mass is 9.93. The molecule has 1 aromatic heterocycles. The van der Waals surface area contributed by atoms with Gasteiger partial charge in [-0.05, 0) is 31.2 Å². The van der Waals surface area contributed by atoms with Gasteiger partial charge in [0.05, 0.1) is 6.54 Å². The monoisotopic (exact) mass is 305 g/mol. The minimum absolute atomic E-state index is 0.0193. The summed E-state index contributed by atoms with van der Waals surface area (Å²) in [5, 5.41) is 9.29. The van der Waals surface area contributed by atoms with E-state index in [0.717, 1.165) is 29.9 Å². The third-order valence-electron chi connectivity index (χ3n) is 4.17. The Hall–Kier alpha value is -2.38. The number of H-pyrrole nitrogens is 1. The average molecular weight is 305 g/mol. The van der Waals surface area contributed by atoms with Crippen molar-refractivity contribution in [1.82, 2.24) is 25.3 Å². The van der Waals surface area contributed by atoms with Crippen molar-refractivity contribution in [3.63, 3.8) is 0 Å². The zero-order chi connectivity index (χ0) is 15.5. The van der Waals surface area contributed by atoms with E-state index >= 15 is 0 Å². The molecular weight excluding hydrogens is 286 g/mol. The fourth-order valence-electron chi connectivity index (χ4n) is 3.02. The summed E-state index contributed by atoms with van der Waals surface area (Å²) >= 11 is 0. The minimum atomic E-state index is -0.482. The van der Waals surface area contributed by atoms with Gasteiger partial charge in [0.2, 0.25) is 5.91 Å². The van der Waals surface area contributed by atoms with Crippen LogP contribution in [0.2, 0.25) is 0 Å². The zero-order valence-electron chi connectivity index (χ0n) is 12.2. The molecule has 0 bridgehead atoms. The number of hydrogen-bond acceptors (Lipinski definition) is 4. The van der Waals surface area contributed by atoms with Crippen LogP contribution in [-0.2, 0) is 16.0 Å². The van der Waals surface area contributed by atoms with Gasteiger partial charge in [-0.3, -0.25) is 19.6 Å². The average Bonchev–Trinajstić information content (AvgIpc) is 3.12.